The van der Waals surface area contributed by atoms with Gasteiger partial charge in [0.1, 0.15) is 0 Å². The van der Waals surface area contributed by atoms with Crippen LogP contribution in [0.3, 0.4) is 0 Å². The molecule has 3 nitrogen and oxygen atoms in total. The number of esters is 1. The molecule has 2 aliphatic rings. The van der Waals surface area contributed by atoms with E-state index < -0.39 is 0 Å². The number of nitrogens with one attached hydrogen (secondary N) is 1. The Morgan fingerprint density at radius 3 is 2.90 bits per heavy atom. The SMILES string of the molecule is O=C1OCC[C@]12CCNC2. The van der Waals surface area contributed by atoms with Gasteiger partial charge in [-0.15, -0.1) is 0 Å². The van der Waals surface area contributed by atoms with Gasteiger partial charge < -0.3 is 10.1 Å². The molecule has 0 aromatic carbocycles. The molecule has 0 aliphatic carbocycles. The summed E-state index contributed by atoms with van der Waals surface area (Å²) in [6.07, 6.45) is 1.88. The van der Waals surface area contributed by atoms with Crippen LogP contribution in [-0.2, 0) is 9.53 Å². The molecule has 0 unspecified atom stereocenters. The normalized spacial score (nSPS) is 39.0. The van der Waals surface area contributed by atoms with Gasteiger partial charge in [0.25, 0.3) is 0 Å². The Bertz CT molecular complexity index is 155. The van der Waals surface area contributed by atoms with Gasteiger partial charge in [-0.3, -0.25) is 4.79 Å². The van der Waals surface area contributed by atoms with Crippen molar-refractivity contribution in [3.8, 4) is 0 Å². The van der Waals surface area contributed by atoms with Gasteiger partial charge in [0.2, 0.25) is 0 Å². The van der Waals surface area contributed by atoms with Crippen molar-refractivity contribution in [2.24, 2.45) is 5.41 Å². The van der Waals surface area contributed by atoms with Gasteiger partial charge in [-0.1, -0.05) is 0 Å². The van der Waals surface area contributed by atoms with Crippen molar-refractivity contribution in [2.75, 3.05) is 19.7 Å². The van der Waals surface area contributed by atoms with Gasteiger partial charge >= 0.3 is 5.97 Å². The number of hydrogen-bond donors (Lipinski definition) is 1. The first-order valence-electron chi connectivity index (χ1n) is 3.71. The monoisotopic (exact) mass is 141 g/mol. The summed E-state index contributed by atoms with van der Waals surface area (Å²) < 4.78 is 4.91. The molecule has 3 heteroatoms. The van der Waals surface area contributed by atoms with Crippen molar-refractivity contribution in [1.82, 2.24) is 5.32 Å². The fourth-order valence-corrected chi connectivity index (χ4v) is 1.73. The van der Waals surface area contributed by atoms with Crippen LogP contribution in [0.15, 0.2) is 0 Å². The fourth-order valence-electron chi connectivity index (χ4n) is 1.73. The lowest BCUT2D eigenvalue weighted by Gasteiger charge is -2.14. The Balaban J connectivity index is 2.19. The molecule has 0 aromatic rings. The second-order valence-electron chi connectivity index (χ2n) is 3.09. The molecule has 1 atom stereocenters. The molecule has 56 valence electrons. The topological polar surface area (TPSA) is 38.3 Å². The van der Waals surface area contributed by atoms with Crippen molar-refractivity contribution in [1.29, 1.82) is 0 Å². The van der Waals surface area contributed by atoms with E-state index in [-0.39, 0.29) is 11.4 Å². The number of cyclic esters (lactones) is 1. The molecule has 10 heavy (non-hydrogen) atoms. The van der Waals surface area contributed by atoms with E-state index in [4.69, 9.17) is 4.74 Å². The molecular formula is C7H11NO2. The standard InChI is InChI=1S/C7H11NO2/c9-6-7(2-4-10-6)1-3-8-5-7/h8H,1-5H2/t7-/m0/s1. The lowest BCUT2D eigenvalue weighted by molar-refractivity contribution is -0.145. The van der Waals surface area contributed by atoms with Crippen molar-refractivity contribution < 1.29 is 9.53 Å². The zero-order valence-electron chi connectivity index (χ0n) is 5.85. The van der Waals surface area contributed by atoms with Gasteiger partial charge in [0.05, 0.1) is 12.0 Å². The number of carbonyl (C=O) groups is 1. The summed E-state index contributed by atoms with van der Waals surface area (Å²) in [6.45, 7) is 2.42. The van der Waals surface area contributed by atoms with E-state index in [0.717, 1.165) is 25.9 Å². The predicted molar refractivity (Wildman–Crippen MR) is 35.5 cm³/mol. The van der Waals surface area contributed by atoms with Crippen LogP contribution in [0, 0.1) is 5.41 Å². The molecule has 2 aliphatic heterocycles. The van der Waals surface area contributed by atoms with E-state index in [9.17, 15) is 4.79 Å². The maximum atomic E-state index is 11.1. The minimum Gasteiger partial charge on any atom is -0.465 e. The van der Waals surface area contributed by atoms with E-state index in [1.54, 1.807) is 0 Å². The lowest BCUT2D eigenvalue weighted by Crippen LogP contribution is -2.28. The third-order valence-electron chi connectivity index (χ3n) is 2.49. The van der Waals surface area contributed by atoms with E-state index in [1.165, 1.54) is 0 Å². The van der Waals surface area contributed by atoms with E-state index in [0.29, 0.717) is 6.61 Å². The van der Waals surface area contributed by atoms with Crippen LogP contribution in [0.4, 0.5) is 0 Å². The van der Waals surface area contributed by atoms with Crippen LogP contribution >= 0.6 is 0 Å². The highest BCUT2D eigenvalue weighted by Crippen LogP contribution is 2.35. The molecule has 2 rings (SSSR count). The number of carbonyl (C=O) groups excluding carboxylic acids is 1. The largest absolute Gasteiger partial charge is 0.465 e. The molecule has 0 saturated carbocycles. The Labute approximate surface area is 59.7 Å². The molecule has 2 heterocycles. The summed E-state index contributed by atoms with van der Waals surface area (Å²) in [4.78, 5) is 11.1. The first-order chi connectivity index (χ1) is 4.83. The van der Waals surface area contributed by atoms with Gasteiger partial charge in [0.15, 0.2) is 0 Å². The highest BCUT2D eigenvalue weighted by Gasteiger charge is 2.46. The molecule has 0 bridgehead atoms. The summed E-state index contributed by atoms with van der Waals surface area (Å²) in [5, 5.41) is 3.18. The van der Waals surface area contributed by atoms with Crippen LogP contribution in [-0.4, -0.2) is 25.7 Å². The van der Waals surface area contributed by atoms with Crippen molar-refractivity contribution >= 4 is 5.97 Å². The molecule has 0 aromatic heterocycles. The van der Waals surface area contributed by atoms with Crippen molar-refractivity contribution in [3.05, 3.63) is 0 Å². The zero-order chi connectivity index (χ0) is 7.03. The first kappa shape index (κ1) is 6.16. The van der Waals surface area contributed by atoms with E-state index in [2.05, 4.69) is 5.32 Å². The van der Waals surface area contributed by atoms with Crippen molar-refractivity contribution in [3.63, 3.8) is 0 Å². The Kier molecular flexibility index (Phi) is 1.20. The fraction of sp³-hybridized carbons (Fsp3) is 0.857. The van der Waals surface area contributed by atoms with Crippen LogP contribution < -0.4 is 5.32 Å². The maximum Gasteiger partial charge on any atom is 0.313 e. The molecule has 2 saturated heterocycles. The van der Waals surface area contributed by atoms with Gasteiger partial charge in [0, 0.05) is 6.54 Å². The van der Waals surface area contributed by atoms with Gasteiger partial charge in [-0.25, -0.2) is 0 Å². The summed E-state index contributed by atoms with van der Waals surface area (Å²) in [5.74, 6) is 0.0116. The molecule has 0 radical (unpaired) electrons. The summed E-state index contributed by atoms with van der Waals surface area (Å²) in [6, 6.07) is 0. The third-order valence-corrected chi connectivity index (χ3v) is 2.49. The molecule has 1 N–H and O–H groups in total. The average Bonchev–Trinajstić information content (AvgIpc) is 2.48. The van der Waals surface area contributed by atoms with Crippen LogP contribution in [0.25, 0.3) is 0 Å². The highest BCUT2D eigenvalue weighted by molar-refractivity contribution is 5.79. The zero-order valence-corrected chi connectivity index (χ0v) is 5.85. The third kappa shape index (κ3) is 0.669. The number of hydrogen-bond acceptors (Lipinski definition) is 3. The minimum absolute atomic E-state index is 0.0116. The maximum absolute atomic E-state index is 11.1. The quantitative estimate of drug-likeness (QED) is 0.479. The van der Waals surface area contributed by atoms with E-state index >= 15 is 0 Å². The second kappa shape index (κ2) is 1.95. The molecule has 1 spiro atoms. The number of rotatable bonds is 0. The average molecular weight is 141 g/mol. The first-order valence-corrected chi connectivity index (χ1v) is 3.71. The van der Waals surface area contributed by atoms with Gasteiger partial charge in [-0.2, -0.15) is 0 Å². The number of ether oxygens (including phenoxy) is 1. The Morgan fingerprint density at radius 1 is 1.50 bits per heavy atom. The molecule has 2 fully saturated rings. The van der Waals surface area contributed by atoms with Crippen molar-refractivity contribution in [2.45, 2.75) is 12.8 Å². The molecular weight excluding hydrogens is 130 g/mol. The highest BCUT2D eigenvalue weighted by atomic mass is 16.5. The summed E-state index contributed by atoms with van der Waals surface area (Å²) in [7, 11) is 0. The predicted octanol–water partition coefficient (Wildman–Crippen LogP) is -0.0870. The summed E-state index contributed by atoms with van der Waals surface area (Å²) in [5.41, 5.74) is -0.125. The van der Waals surface area contributed by atoms with Crippen LogP contribution in [0.2, 0.25) is 0 Å². The van der Waals surface area contributed by atoms with Gasteiger partial charge in [-0.05, 0) is 19.4 Å². The molecule has 0 amide bonds. The lowest BCUT2D eigenvalue weighted by atomic mass is 9.86. The Hall–Kier alpha value is -0.570. The smallest absolute Gasteiger partial charge is 0.313 e. The minimum atomic E-state index is -0.125. The van der Waals surface area contributed by atoms with Crippen LogP contribution in [0.5, 0.6) is 0 Å². The second-order valence-corrected chi connectivity index (χ2v) is 3.09. The van der Waals surface area contributed by atoms with Crippen LogP contribution in [0.1, 0.15) is 12.8 Å². The van der Waals surface area contributed by atoms with E-state index in [1.807, 2.05) is 0 Å². The summed E-state index contributed by atoms with van der Waals surface area (Å²) >= 11 is 0. The Morgan fingerprint density at radius 2 is 2.40 bits per heavy atom.